The lowest BCUT2D eigenvalue weighted by atomic mass is 9.95. The first kappa shape index (κ1) is 16.8. The van der Waals surface area contributed by atoms with Gasteiger partial charge in [0.05, 0.1) is 5.56 Å². The zero-order valence-electron chi connectivity index (χ0n) is 11.8. The van der Waals surface area contributed by atoms with Crippen molar-refractivity contribution >= 4 is 12.4 Å². The van der Waals surface area contributed by atoms with Crippen LogP contribution in [0.25, 0.3) is 11.1 Å². The minimum atomic E-state index is -4.29. The molecule has 0 unspecified atom stereocenters. The monoisotopic (exact) mass is 327 g/mol. The van der Waals surface area contributed by atoms with Crippen molar-refractivity contribution < 1.29 is 13.2 Å². The fourth-order valence-corrected chi connectivity index (χ4v) is 2.81. The largest absolute Gasteiger partial charge is 0.416 e. The second-order valence-electron chi connectivity index (χ2n) is 5.50. The molecule has 3 rings (SSSR count). The Kier molecular flexibility index (Phi) is 4.83. The number of hydrogen-bond acceptors (Lipinski definition) is 1. The predicted molar refractivity (Wildman–Crippen MR) is 84.0 cm³/mol. The molecule has 0 spiro atoms. The van der Waals surface area contributed by atoms with Crippen molar-refractivity contribution in [1.82, 2.24) is 0 Å². The van der Waals surface area contributed by atoms with Crippen molar-refractivity contribution in [3.8, 4) is 11.1 Å². The lowest BCUT2D eigenvalue weighted by molar-refractivity contribution is -0.137. The summed E-state index contributed by atoms with van der Waals surface area (Å²) in [7, 11) is 0. The highest BCUT2D eigenvalue weighted by molar-refractivity contribution is 5.85. The number of halogens is 4. The van der Waals surface area contributed by atoms with Gasteiger partial charge in [-0.15, -0.1) is 12.4 Å². The smallest absolute Gasteiger partial charge is 0.330 e. The van der Waals surface area contributed by atoms with Crippen molar-refractivity contribution in [2.24, 2.45) is 11.7 Å². The lowest BCUT2D eigenvalue weighted by Crippen LogP contribution is -2.04. The first-order valence-corrected chi connectivity index (χ1v) is 6.97. The molecular formula is C17H17ClF3N. The molecule has 22 heavy (non-hydrogen) atoms. The Morgan fingerprint density at radius 1 is 1.00 bits per heavy atom. The van der Waals surface area contributed by atoms with E-state index in [1.54, 1.807) is 12.1 Å². The van der Waals surface area contributed by atoms with Crippen LogP contribution in [-0.4, -0.2) is 6.54 Å². The number of hydrogen-bond donors (Lipinski definition) is 1. The van der Waals surface area contributed by atoms with Gasteiger partial charge in [-0.25, -0.2) is 0 Å². The summed E-state index contributed by atoms with van der Waals surface area (Å²) in [5, 5.41) is 0. The Balaban J connectivity index is 0.00000176. The zero-order valence-corrected chi connectivity index (χ0v) is 12.6. The Bertz CT molecular complexity index is 637. The van der Waals surface area contributed by atoms with Crippen molar-refractivity contribution in [2.75, 3.05) is 6.54 Å². The van der Waals surface area contributed by atoms with Crippen LogP contribution in [0.15, 0.2) is 48.5 Å². The highest BCUT2D eigenvalue weighted by Crippen LogP contribution is 2.49. The minimum absolute atomic E-state index is 0. The maximum atomic E-state index is 12.6. The fourth-order valence-electron chi connectivity index (χ4n) is 2.81. The van der Waals surface area contributed by atoms with Crippen LogP contribution < -0.4 is 5.73 Å². The topological polar surface area (TPSA) is 26.0 Å². The van der Waals surface area contributed by atoms with Gasteiger partial charge in [0.1, 0.15) is 0 Å². The predicted octanol–water partition coefficient (Wildman–Crippen LogP) is 4.86. The summed E-state index contributed by atoms with van der Waals surface area (Å²) < 4.78 is 37.9. The molecule has 0 bridgehead atoms. The van der Waals surface area contributed by atoms with Gasteiger partial charge >= 0.3 is 6.18 Å². The first-order valence-electron chi connectivity index (χ1n) is 6.97. The van der Waals surface area contributed by atoms with Crippen LogP contribution >= 0.6 is 12.4 Å². The average Bonchev–Trinajstić information content (AvgIpc) is 3.26. The molecule has 1 aliphatic rings. The third kappa shape index (κ3) is 3.28. The van der Waals surface area contributed by atoms with E-state index in [2.05, 4.69) is 0 Å². The molecule has 2 atom stereocenters. The molecule has 1 nitrogen and oxygen atoms in total. The molecule has 2 aromatic carbocycles. The molecule has 0 radical (unpaired) electrons. The zero-order chi connectivity index (χ0) is 15.0. The second-order valence-corrected chi connectivity index (χ2v) is 5.50. The van der Waals surface area contributed by atoms with Crippen LogP contribution in [0.3, 0.4) is 0 Å². The highest BCUT2D eigenvalue weighted by atomic mass is 35.5. The fraction of sp³-hybridized carbons (Fsp3) is 0.294. The molecule has 118 valence electrons. The van der Waals surface area contributed by atoms with Crippen LogP contribution in [0.1, 0.15) is 23.5 Å². The van der Waals surface area contributed by atoms with Gasteiger partial charge in [-0.2, -0.15) is 13.2 Å². The lowest BCUT2D eigenvalue weighted by Gasteiger charge is -2.11. The first-order chi connectivity index (χ1) is 10.0. The number of rotatable bonds is 3. The summed E-state index contributed by atoms with van der Waals surface area (Å²) in [6.45, 7) is 0.659. The van der Waals surface area contributed by atoms with Crippen LogP contribution in [0, 0.1) is 5.92 Å². The van der Waals surface area contributed by atoms with E-state index in [1.165, 1.54) is 5.56 Å². The van der Waals surface area contributed by atoms with E-state index < -0.39 is 11.7 Å². The maximum Gasteiger partial charge on any atom is 0.416 e. The van der Waals surface area contributed by atoms with Crippen LogP contribution in [-0.2, 0) is 6.18 Å². The van der Waals surface area contributed by atoms with E-state index in [9.17, 15) is 13.2 Å². The molecule has 0 aromatic heterocycles. The summed E-state index contributed by atoms with van der Waals surface area (Å²) in [5.74, 6) is 0.939. The molecule has 0 saturated heterocycles. The summed E-state index contributed by atoms with van der Waals surface area (Å²) in [6, 6.07) is 13.3. The molecule has 0 heterocycles. The van der Waals surface area contributed by atoms with Gasteiger partial charge in [0, 0.05) is 0 Å². The van der Waals surface area contributed by atoms with Gasteiger partial charge in [-0.05, 0) is 53.6 Å². The van der Waals surface area contributed by atoms with E-state index >= 15 is 0 Å². The van der Waals surface area contributed by atoms with E-state index in [4.69, 9.17) is 5.73 Å². The molecule has 0 aliphatic heterocycles. The highest BCUT2D eigenvalue weighted by Gasteiger charge is 2.38. The number of benzene rings is 2. The summed E-state index contributed by atoms with van der Waals surface area (Å²) in [6.07, 6.45) is -3.23. The van der Waals surface area contributed by atoms with Gasteiger partial charge in [0.15, 0.2) is 0 Å². The Hall–Kier alpha value is -1.52. The van der Waals surface area contributed by atoms with E-state index in [0.29, 0.717) is 18.4 Å². The van der Waals surface area contributed by atoms with Crippen LogP contribution in [0.2, 0.25) is 0 Å². The summed E-state index contributed by atoms with van der Waals surface area (Å²) in [5.41, 5.74) is 8.09. The quantitative estimate of drug-likeness (QED) is 0.856. The van der Waals surface area contributed by atoms with Crippen LogP contribution in [0.4, 0.5) is 13.2 Å². The molecule has 2 aromatic rings. The molecular weight excluding hydrogens is 311 g/mol. The maximum absolute atomic E-state index is 12.6. The molecule has 1 fully saturated rings. The van der Waals surface area contributed by atoms with Crippen molar-refractivity contribution in [3.63, 3.8) is 0 Å². The van der Waals surface area contributed by atoms with E-state index in [0.717, 1.165) is 29.7 Å². The molecule has 2 N–H and O–H groups in total. The van der Waals surface area contributed by atoms with Gasteiger partial charge in [-0.3, -0.25) is 0 Å². The van der Waals surface area contributed by atoms with E-state index in [1.807, 2.05) is 24.3 Å². The van der Waals surface area contributed by atoms with Gasteiger partial charge < -0.3 is 5.73 Å². The third-order valence-corrected chi connectivity index (χ3v) is 4.11. The van der Waals surface area contributed by atoms with Gasteiger partial charge in [0.25, 0.3) is 0 Å². The van der Waals surface area contributed by atoms with Crippen molar-refractivity contribution in [3.05, 3.63) is 59.7 Å². The third-order valence-electron chi connectivity index (χ3n) is 4.11. The van der Waals surface area contributed by atoms with E-state index in [-0.39, 0.29) is 12.4 Å². The summed E-state index contributed by atoms with van der Waals surface area (Å²) in [4.78, 5) is 0. The van der Waals surface area contributed by atoms with Crippen molar-refractivity contribution in [1.29, 1.82) is 0 Å². The molecule has 5 heteroatoms. The van der Waals surface area contributed by atoms with Crippen molar-refractivity contribution in [2.45, 2.75) is 18.5 Å². The Morgan fingerprint density at radius 3 is 2.18 bits per heavy atom. The van der Waals surface area contributed by atoms with Gasteiger partial charge in [0.2, 0.25) is 0 Å². The molecule has 1 saturated carbocycles. The molecule has 1 aliphatic carbocycles. The Labute approximate surface area is 133 Å². The second kappa shape index (κ2) is 6.31. The summed E-state index contributed by atoms with van der Waals surface area (Å²) >= 11 is 0. The number of nitrogens with two attached hydrogens (primary N) is 1. The normalized spacial score (nSPS) is 20.4. The average molecular weight is 328 g/mol. The number of alkyl halides is 3. The van der Waals surface area contributed by atoms with Gasteiger partial charge in [-0.1, -0.05) is 36.4 Å². The minimum Gasteiger partial charge on any atom is -0.330 e. The standard InChI is InChI=1S/C17H16F3N.ClH/c18-17(19,20)13-7-5-11(6-8-13)14-3-1-2-4-15(14)16-9-12(16)10-21;/h1-8,12,16H,9-10,21H2;1H/t12-,16+;/m0./s1. The van der Waals surface area contributed by atoms with Crippen LogP contribution in [0.5, 0.6) is 0 Å². The SMILES string of the molecule is Cl.NC[C@@H]1C[C@H]1c1ccccc1-c1ccc(C(F)(F)F)cc1. The Morgan fingerprint density at radius 2 is 1.64 bits per heavy atom. The molecule has 0 amide bonds.